The van der Waals surface area contributed by atoms with E-state index in [1.54, 1.807) is 66.4 Å². The minimum Gasteiger partial charge on any atom is -0.444 e. The van der Waals surface area contributed by atoms with Crippen molar-refractivity contribution in [2.24, 2.45) is 0 Å². The van der Waals surface area contributed by atoms with E-state index in [2.05, 4.69) is 16.2 Å². The Morgan fingerprint density at radius 1 is 1.04 bits per heavy atom. The molecule has 0 unspecified atom stereocenters. The van der Waals surface area contributed by atoms with Gasteiger partial charge < -0.3 is 19.5 Å². The van der Waals surface area contributed by atoms with E-state index in [1.165, 1.54) is 24.4 Å². The molecular formula is C38H41F2N5O5. The van der Waals surface area contributed by atoms with E-state index in [4.69, 9.17) is 20.9 Å². The second-order valence-corrected chi connectivity index (χ2v) is 15.0. The Labute approximate surface area is 289 Å². The number of carbonyl (C=O) groups excluding carboxylic acids is 2. The van der Waals surface area contributed by atoms with Crippen molar-refractivity contribution in [2.75, 3.05) is 23.3 Å². The molecule has 4 heterocycles. The standard InChI is InChI=1S/C38H41F2N5O5/c1-10-24-27(39)12-11-21-13-22(43-35(47)49-37(4,5)6)14-25(31(21)24)33-32(40)30-19(2)20(3)42-34(26(30)16-41-33)44-17-23-15-29(46)28(18-44)45(23)36(48)50-38(7,8)9/h1,11-14,16,23,28-29,46H,15,17-18H2,2-9H3,(H,43,47)/t23-,28-,29-/m1/s1. The van der Waals surface area contributed by atoms with Gasteiger partial charge in [-0.25, -0.2) is 23.4 Å². The number of aryl methyl sites for hydroxylation is 2. The fourth-order valence-electron chi connectivity index (χ4n) is 6.90. The zero-order chi connectivity index (χ0) is 36.4. The quantitative estimate of drug-likeness (QED) is 0.217. The van der Waals surface area contributed by atoms with Crippen molar-refractivity contribution in [2.45, 2.75) is 91.2 Å². The van der Waals surface area contributed by atoms with Crippen molar-refractivity contribution < 1.29 is 33.0 Å². The van der Waals surface area contributed by atoms with Crippen LogP contribution in [-0.2, 0) is 9.47 Å². The summed E-state index contributed by atoms with van der Waals surface area (Å²) in [5.74, 6) is 1.53. The molecule has 0 saturated carbocycles. The molecule has 4 aromatic rings. The summed E-state index contributed by atoms with van der Waals surface area (Å²) in [5.41, 5.74) is -0.0145. The molecule has 0 spiro atoms. The fourth-order valence-corrected chi connectivity index (χ4v) is 6.90. The number of piperazine rings is 1. The largest absolute Gasteiger partial charge is 0.444 e. The highest BCUT2D eigenvalue weighted by molar-refractivity contribution is 6.06. The first-order chi connectivity index (χ1) is 23.4. The molecule has 3 atom stereocenters. The third-order valence-corrected chi connectivity index (χ3v) is 9.01. The van der Waals surface area contributed by atoms with Crippen LogP contribution < -0.4 is 10.2 Å². The lowest BCUT2D eigenvalue weighted by Gasteiger charge is -2.42. The van der Waals surface area contributed by atoms with Gasteiger partial charge in [-0.3, -0.25) is 15.2 Å². The highest BCUT2D eigenvalue weighted by Crippen LogP contribution is 2.41. The monoisotopic (exact) mass is 685 g/mol. The zero-order valence-corrected chi connectivity index (χ0v) is 29.4. The number of aromatic nitrogens is 2. The number of carbonyl (C=O) groups is 2. The molecule has 50 heavy (non-hydrogen) atoms. The van der Waals surface area contributed by atoms with Crippen LogP contribution in [0.2, 0.25) is 0 Å². The first-order valence-electron chi connectivity index (χ1n) is 16.5. The van der Waals surface area contributed by atoms with Gasteiger partial charge in [0, 0.05) is 52.4 Å². The number of aliphatic hydroxyl groups is 1. The number of benzene rings is 2. The lowest BCUT2D eigenvalue weighted by Crippen LogP contribution is -2.58. The molecule has 2 bridgehead atoms. The molecule has 0 aliphatic carbocycles. The summed E-state index contributed by atoms with van der Waals surface area (Å²) in [6.45, 7) is 14.7. The van der Waals surface area contributed by atoms with Gasteiger partial charge in [-0.2, -0.15) is 0 Å². The Kier molecular flexibility index (Phi) is 8.63. The van der Waals surface area contributed by atoms with Crippen LogP contribution in [0.5, 0.6) is 0 Å². The zero-order valence-electron chi connectivity index (χ0n) is 29.4. The van der Waals surface area contributed by atoms with E-state index in [0.717, 1.165) is 0 Å². The molecule has 2 fully saturated rings. The van der Waals surface area contributed by atoms with Crippen LogP contribution in [0.1, 0.15) is 64.8 Å². The van der Waals surface area contributed by atoms with E-state index in [1.807, 2.05) is 4.90 Å². The second kappa shape index (κ2) is 12.4. The van der Waals surface area contributed by atoms with E-state index >= 15 is 8.78 Å². The summed E-state index contributed by atoms with van der Waals surface area (Å²) in [6, 6.07) is 4.94. The van der Waals surface area contributed by atoms with Gasteiger partial charge in [0.2, 0.25) is 0 Å². The summed E-state index contributed by atoms with van der Waals surface area (Å²) < 4.78 is 43.3. The number of rotatable bonds is 3. The normalized spacial score (nSPS) is 19.1. The van der Waals surface area contributed by atoms with Gasteiger partial charge >= 0.3 is 12.2 Å². The van der Waals surface area contributed by atoms with Crippen molar-refractivity contribution in [3.8, 4) is 23.6 Å². The number of ether oxygens (including phenoxy) is 2. The predicted molar refractivity (Wildman–Crippen MR) is 188 cm³/mol. The van der Waals surface area contributed by atoms with E-state index in [9.17, 15) is 14.7 Å². The van der Waals surface area contributed by atoms with Crippen LogP contribution in [0.4, 0.5) is 29.9 Å². The van der Waals surface area contributed by atoms with Gasteiger partial charge in [0.1, 0.15) is 28.5 Å². The van der Waals surface area contributed by atoms with Crippen LogP contribution in [0, 0.1) is 37.8 Å². The third-order valence-electron chi connectivity index (χ3n) is 9.01. The third kappa shape index (κ3) is 6.38. The van der Waals surface area contributed by atoms with Crippen LogP contribution in [0.15, 0.2) is 30.5 Å². The average molecular weight is 686 g/mol. The lowest BCUT2D eigenvalue weighted by molar-refractivity contribution is 0.00603. The van der Waals surface area contributed by atoms with Gasteiger partial charge in [0.15, 0.2) is 5.82 Å². The van der Waals surface area contributed by atoms with Crippen LogP contribution in [-0.4, -0.2) is 74.6 Å². The van der Waals surface area contributed by atoms with Gasteiger partial charge in [-0.15, -0.1) is 6.42 Å². The van der Waals surface area contributed by atoms with E-state index in [0.29, 0.717) is 40.8 Å². The van der Waals surface area contributed by atoms with Gasteiger partial charge in [-0.1, -0.05) is 12.0 Å². The molecule has 2 aromatic carbocycles. The predicted octanol–water partition coefficient (Wildman–Crippen LogP) is 7.23. The number of anilines is 2. The molecule has 262 valence electrons. The van der Waals surface area contributed by atoms with E-state index in [-0.39, 0.29) is 45.9 Å². The molecule has 6 rings (SSSR count). The first kappa shape index (κ1) is 34.8. The Balaban J connectivity index is 1.47. The Hall–Kier alpha value is -5.02. The summed E-state index contributed by atoms with van der Waals surface area (Å²) >= 11 is 0. The van der Waals surface area contributed by atoms with Crippen LogP contribution >= 0.6 is 0 Å². The van der Waals surface area contributed by atoms with Gasteiger partial charge in [0.05, 0.1) is 23.8 Å². The number of hydrogen-bond acceptors (Lipinski definition) is 8. The number of aliphatic hydroxyl groups excluding tert-OH is 1. The summed E-state index contributed by atoms with van der Waals surface area (Å²) in [7, 11) is 0. The topological polar surface area (TPSA) is 117 Å². The molecule has 2 aliphatic rings. The maximum Gasteiger partial charge on any atom is 0.412 e. The van der Waals surface area contributed by atoms with Crippen molar-refractivity contribution in [1.29, 1.82) is 0 Å². The molecule has 2 N–H and O–H groups in total. The number of pyridine rings is 2. The highest BCUT2D eigenvalue weighted by Gasteiger charge is 2.50. The number of halogens is 2. The minimum absolute atomic E-state index is 0.0668. The molecule has 10 nitrogen and oxygen atoms in total. The minimum atomic E-state index is -0.767. The maximum absolute atomic E-state index is 17.1. The Morgan fingerprint density at radius 2 is 1.74 bits per heavy atom. The van der Waals surface area contributed by atoms with Crippen LogP contribution in [0.25, 0.3) is 32.8 Å². The highest BCUT2D eigenvalue weighted by atomic mass is 19.1. The molecule has 2 aromatic heterocycles. The van der Waals surface area contributed by atoms with Crippen molar-refractivity contribution in [3.63, 3.8) is 0 Å². The molecule has 2 aliphatic heterocycles. The number of nitrogens with one attached hydrogen (secondary N) is 1. The molecule has 0 radical (unpaired) electrons. The summed E-state index contributed by atoms with van der Waals surface area (Å²) in [4.78, 5) is 38.8. The molecule has 12 heteroatoms. The number of fused-ring (bicyclic) bond motifs is 4. The lowest BCUT2D eigenvalue weighted by atomic mass is 9.94. The smallest absolute Gasteiger partial charge is 0.412 e. The second-order valence-electron chi connectivity index (χ2n) is 15.0. The molecule has 2 saturated heterocycles. The SMILES string of the molecule is C#Cc1c(F)ccc2cc(NC(=O)OC(C)(C)C)cc(-c3ncc4c(N5C[C@H]6C[C@@H](O)[C@@H](C5)N6C(=O)OC(C)(C)C)nc(C)c(C)c4c3F)c12. The Bertz CT molecular complexity index is 2100. The van der Waals surface area contributed by atoms with E-state index < -0.39 is 47.2 Å². The van der Waals surface area contributed by atoms with Crippen molar-refractivity contribution in [1.82, 2.24) is 14.9 Å². The number of hydrogen-bond donors (Lipinski definition) is 2. The summed E-state index contributed by atoms with van der Waals surface area (Å²) in [6.07, 6.45) is 5.68. The van der Waals surface area contributed by atoms with Crippen molar-refractivity contribution >= 4 is 45.2 Å². The Morgan fingerprint density at radius 3 is 2.38 bits per heavy atom. The average Bonchev–Trinajstić information content (AvgIpc) is 3.20. The molecule has 2 amide bonds. The molecular weight excluding hydrogens is 644 g/mol. The number of amides is 2. The van der Waals surface area contributed by atoms with Gasteiger partial charge in [0.25, 0.3) is 0 Å². The maximum atomic E-state index is 17.1. The van der Waals surface area contributed by atoms with Crippen LogP contribution in [0.3, 0.4) is 0 Å². The first-order valence-corrected chi connectivity index (χ1v) is 16.5. The number of terminal acetylenes is 1. The fraction of sp³-hybridized carbons (Fsp3) is 0.421. The van der Waals surface area contributed by atoms with Crippen molar-refractivity contribution in [3.05, 3.63) is 58.9 Å². The number of nitrogens with zero attached hydrogens (tertiary/aromatic N) is 4. The van der Waals surface area contributed by atoms with Gasteiger partial charge in [-0.05, 0) is 91.0 Å². The summed E-state index contributed by atoms with van der Waals surface area (Å²) in [5, 5.41) is 15.1.